The molecule has 1 heterocycles. The van der Waals surface area contributed by atoms with Crippen LogP contribution in [-0.4, -0.2) is 86.8 Å². The molecule has 13 N–H and O–H groups in total. The number of carboxylic acids is 1. The second-order valence-electron chi connectivity index (χ2n) is 10.7. The number of amides is 3. The zero-order valence-electron chi connectivity index (χ0n) is 24.8. The van der Waals surface area contributed by atoms with Crippen molar-refractivity contribution in [3.63, 3.8) is 0 Å². The van der Waals surface area contributed by atoms with E-state index in [9.17, 15) is 34.5 Å². The molecule has 15 heteroatoms. The van der Waals surface area contributed by atoms with Crippen LogP contribution in [0.25, 0.3) is 10.9 Å². The number of rotatable bonds is 16. The number of hydrogen-bond donors (Lipinski definition) is 10. The van der Waals surface area contributed by atoms with Crippen LogP contribution in [0.1, 0.15) is 30.9 Å². The summed E-state index contributed by atoms with van der Waals surface area (Å²) >= 11 is 0. The predicted molar refractivity (Wildman–Crippen MR) is 167 cm³/mol. The van der Waals surface area contributed by atoms with Crippen LogP contribution in [0.3, 0.4) is 0 Å². The minimum Gasteiger partial charge on any atom is -0.508 e. The average molecular weight is 625 g/mol. The first-order valence-corrected chi connectivity index (χ1v) is 14.3. The Labute approximate surface area is 259 Å². The molecule has 2 aromatic carbocycles. The van der Waals surface area contributed by atoms with E-state index >= 15 is 0 Å². The number of nitrogens with one attached hydrogen (secondary N) is 4. The lowest BCUT2D eigenvalue weighted by Crippen LogP contribution is -2.58. The number of hydrogen-bond acceptors (Lipinski definition) is 8. The highest BCUT2D eigenvalue weighted by Crippen LogP contribution is 2.19. The predicted octanol–water partition coefficient (Wildman–Crippen LogP) is -1.04. The normalized spacial score (nSPS) is 14.4. The number of aliphatic hydroxyl groups is 1. The molecule has 0 saturated carbocycles. The number of aliphatic carboxylic acids is 1. The molecule has 0 fully saturated rings. The van der Waals surface area contributed by atoms with Gasteiger partial charge in [-0.1, -0.05) is 30.3 Å². The standard InChI is InChI=1S/C30H40N8O7/c1-16(39)25(29(44)45)38-28(43)24(14-18-15-35-22-6-3-2-5-20(18)22)37-27(42)23(7-4-12-34-30(32)33)36-26(41)21(31)13-17-8-10-19(40)11-9-17/h2-3,5-6,8-11,15-16,21,23-25,35,39-40H,4,7,12-14,31H2,1H3,(H,36,41)(H,37,42)(H,38,43)(H,44,45)(H4,32,33,34). The van der Waals surface area contributed by atoms with Gasteiger partial charge in [0.15, 0.2) is 12.0 Å². The first-order valence-electron chi connectivity index (χ1n) is 14.3. The first kappa shape index (κ1) is 34.3. The molecule has 1 aromatic heterocycles. The van der Waals surface area contributed by atoms with Crippen LogP contribution in [0.4, 0.5) is 0 Å². The highest BCUT2D eigenvalue weighted by atomic mass is 16.4. The lowest BCUT2D eigenvalue weighted by Gasteiger charge is -2.26. The molecule has 15 nitrogen and oxygen atoms in total. The summed E-state index contributed by atoms with van der Waals surface area (Å²) < 4.78 is 0. The number of nitrogens with zero attached hydrogens (tertiary/aromatic N) is 1. The van der Waals surface area contributed by atoms with E-state index in [1.165, 1.54) is 19.1 Å². The van der Waals surface area contributed by atoms with Crippen LogP contribution in [0.15, 0.2) is 59.7 Å². The number of para-hydroxylation sites is 1. The fraction of sp³-hybridized carbons (Fsp3) is 0.367. The summed E-state index contributed by atoms with van der Waals surface area (Å²) in [6.07, 6.45) is 0.697. The largest absolute Gasteiger partial charge is 0.508 e. The van der Waals surface area contributed by atoms with Crippen LogP contribution in [0.5, 0.6) is 5.75 Å². The molecular formula is C30H40N8O7. The maximum absolute atomic E-state index is 13.7. The molecular weight excluding hydrogens is 584 g/mol. The van der Waals surface area contributed by atoms with E-state index in [2.05, 4.69) is 25.9 Å². The van der Waals surface area contributed by atoms with E-state index in [1.54, 1.807) is 18.3 Å². The number of phenolic OH excluding ortho intramolecular Hbond substituents is 1. The lowest BCUT2D eigenvalue weighted by molar-refractivity contribution is -0.145. The highest BCUT2D eigenvalue weighted by Gasteiger charge is 2.32. The summed E-state index contributed by atoms with van der Waals surface area (Å²) in [5.41, 5.74) is 19.1. The SMILES string of the molecule is CC(O)C(NC(=O)C(Cc1c[nH]c2ccccc12)NC(=O)C(CCCN=C(N)N)NC(=O)C(N)Cc1ccc(O)cc1)C(=O)O. The number of carbonyl (C=O) groups is 4. The Morgan fingerprint density at radius 3 is 2.20 bits per heavy atom. The van der Waals surface area contributed by atoms with E-state index in [1.807, 2.05) is 24.3 Å². The van der Waals surface area contributed by atoms with Gasteiger partial charge in [0.25, 0.3) is 0 Å². The number of fused-ring (bicyclic) bond motifs is 1. The van der Waals surface area contributed by atoms with Crippen LogP contribution < -0.4 is 33.2 Å². The molecule has 45 heavy (non-hydrogen) atoms. The van der Waals surface area contributed by atoms with Gasteiger partial charge in [0.1, 0.15) is 17.8 Å². The minimum absolute atomic E-state index is 0.0389. The zero-order valence-corrected chi connectivity index (χ0v) is 24.8. The van der Waals surface area contributed by atoms with E-state index in [0.29, 0.717) is 11.1 Å². The molecule has 3 aromatic rings. The van der Waals surface area contributed by atoms with Crippen LogP contribution in [0.2, 0.25) is 0 Å². The summed E-state index contributed by atoms with van der Waals surface area (Å²) in [6, 6.07) is 8.34. The van der Waals surface area contributed by atoms with E-state index < -0.39 is 54.0 Å². The Morgan fingerprint density at radius 1 is 0.911 bits per heavy atom. The number of guanidine groups is 1. The second-order valence-corrected chi connectivity index (χ2v) is 10.7. The third-order valence-electron chi connectivity index (χ3n) is 7.09. The topological polar surface area (TPSA) is 271 Å². The first-order chi connectivity index (χ1) is 21.3. The summed E-state index contributed by atoms with van der Waals surface area (Å²) in [7, 11) is 0. The molecule has 0 saturated heterocycles. The number of aliphatic imine (C=N–C) groups is 1. The second kappa shape index (κ2) is 16.1. The Morgan fingerprint density at radius 2 is 1.56 bits per heavy atom. The monoisotopic (exact) mass is 624 g/mol. The quantitative estimate of drug-likeness (QED) is 0.0525. The van der Waals surface area contributed by atoms with Crippen molar-refractivity contribution in [3.05, 3.63) is 65.9 Å². The smallest absolute Gasteiger partial charge is 0.328 e. The zero-order chi connectivity index (χ0) is 33.1. The summed E-state index contributed by atoms with van der Waals surface area (Å²) in [5, 5.41) is 37.3. The van der Waals surface area contributed by atoms with E-state index in [4.69, 9.17) is 17.2 Å². The van der Waals surface area contributed by atoms with Gasteiger partial charge in [-0.2, -0.15) is 0 Å². The maximum atomic E-state index is 13.7. The third-order valence-corrected chi connectivity index (χ3v) is 7.09. The van der Waals surface area contributed by atoms with E-state index in [0.717, 1.165) is 10.9 Å². The van der Waals surface area contributed by atoms with Gasteiger partial charge in [-0.25, -0.2) is 4.79 Å². The van der Waals surface area contributed by atoms with Crippen molar-refractivity contribution in [2.75, 3.05) is 6.54 Å². The van der Waals surface area contributed by atoms with Gasteiger partial charge in [0.2, 0.25) is 17.7 Å². The number of benzene rings is 2. The fourth-order valence-electron chi connectivity index (χ4n) is 4.67. The van der Waals surface area contributed by atoms with Gasteiger partial charge in [0, 0.05) is 30.1 Å². The number of aromatic nitrogens is 1. The Bertz CT molecular complexity index is 1500. The lowest BCUT2D eigenvalue weighted by atomic mass is 10.0. The van der Waals surface area contributed by atoms with Crippen LogP contribution in [-0.2, 0) is 32.0 Å². The number of carbonyl (C=O) groups excluding carboxylic acids is 3. The molecule has 0 aliphatic heterocycles. The van der Waals surface area contributed by atoms with Gasteiger partial charge in [-0.15, -0.1) is 0 Å². The third kappa shape index (κ3) is 10.2. The molecule has 0 bridgehead atoms. The van der Waals surface area contributed by atoms with Crippen molar-refractivity contribution in [2.24, 2.45) is 22.2 Å². The molecule has 3 amide bonds. The number of H-pyrrole nitrogens is 1. The number of aromatic hydroxyl groups is 1. The summed E-state index contributed by atoms with van der Waals surface area (Å²) in [6.45, 7) is 1.38. The molecule has 0 spiro atoms. The number of aromatic amines is 1. The molecule has 0 radical (unpaired) electrons. The fourth-order valence-corrected chi connectivity index (χ4v) is 4.67. The Balaban J connectivity index is 1.84. The van der Waals surface area contributed by atoms with Crippen LogP contribution >= 0.6 is 0 Å². The molecule has 0 aliphatic carbocycles. The molecule has 3 rings (SSSR count). The van der Waals surface area contributed by atoms with Crippen molar-refractivity contribution >= 4 is 40.6 Å². The van der Waals surface area contributed by atoms with Gasteiger partial charge in [0.05, 0.1) is 12.1 Å². The minimum atomic E-state index is -1.63. The molecule has 5 atom stereocenters. The van der Waals surface area contributed by atoms with Gasteiger partial charge < -0.3 is 53.5 Å². The molecule has 0 aliphatic rings. The maximum Gasteiger partial charge on any atom is 0.328 e. The molecule has 242 valence electrons. The Hall–Kier alpha value is -5.15. The molecule has 5 unspecified atom stereocenters. The summed E-state index contributed by atoms with van der Waals surface area (Å²) in [5.74, 6) is -3.75. The summed E-state index contributed by atoms with van der Waals surface area (Å²) in [4.78, 5) is 58.8. The number of phenols is 1. The van der Waals surface area contributed by atoms with Crippen molar-refractivity contribution in [1.82, 2.24) is 20.9 Å². The highest BCUT2D eigenvalue weighted by molar-refractivity contribution is 5.95. The Kier molecular flexibility index (Phi) is 12.3. The van der Waals surface area contributed by atoms with Crippen molar-refractivity contribution in [3.8, 4) is 5.75 Å². The number of carboxylic acid groups (broad SMARTS) is 1. The average Bonchev–Trinajstić information content (AvgIpc) is 3.40. The van der Waals surface area contributed by atoms with Gasteiger partial charge in [-0.05, 0) is 55.5 Å². The van der Waals surface area contributed by atoms with Crippen molar-refractivity contribution < 1.29 is 34.5 Å². The van der Waals surface area contributed by atoms with Crippen molar-refractivity contribution in [2.45, 2.75) is 62.9 Å². The van der Waals surface area contributed by atoms with E-state index in [-0.39, 0.29) is 43.9 Å². The number of nitrogens with two attached hydrogens (primary N) is 3. The van der Waals surface area contributed by atoms with Crippen LogP contribution in [0, 0.1) is 0 Å². The van der Waals surface area contributed by atoms with Gasteiger partial charge >= 0.3 is 5.97 Å². The number of aliphatic hydroxyl groups excluding tert-OH is 1. The van der Waals surface area contributed by atoms with Gasteiger partial charge in [-0.3, -0.25) is 19.4 Å². The van der Waals surface area contributed by atoms with Crippen molar-refractivity contribution in [1.29, 1.82) is 0 Å².